The molecule has 4 rings (SSSR count). The minimum absolute atomic E-state index is 0.113. The van der Waals surface area contributed by atoms with E-state index < -0.39 is 11.9 Å². The number of aromatic amines is 2. The van der Waals surface area contributed by atoms with Gasteiger partial charge in [0.2, 0.25) is 0 Å². The molecule has 0 aliphatic rings. The summed E-state index contributed by atoms with van der Waals surface area (Å²) in [4.78, 5) is 9.24. The number of aromatic nitrogens is 6. The molecule has 10 heteroatoms. The monoisotopic (exact) mass is 350 g/mol. The van der Waals surface area contributed by atoms with Crippen molar-refractivity contribution >= 4 is 22.5 Å². The SMILES string of the molecule is COc1cc2c(-n3ccnc3)c(-c3nnc(F)[nH]3)[nH]c2c(F)c1Cl. The number of H-pyrrole nitrogens is 2. The number of fused-ring (bicyclic) bond motifs is 1. The third kappa shape index (κ3) is 2.05. The predicted molar refractivity (Wildman–Crippen MR) is 82.3 cm³/mol. The van der Waals surface area contributed by atoms with Gasteiger partial charge in [-0.15, -0.1) is 5.10 Å². The predicted octanol–water partition coefficient (Wildman–Crippen LogP) is 3.08. The molecule has 1 aromatic carbocycles. The lowest BCUT2D eigenvalue weighted by Crippen LogP contribution is -1.94. The van der Waals surface area contributed by atoms with Crippen molar-refractivity contribution in [1.29, 1.82) is 0 Å². The lowest BCUT2D eigenvalue weighted by Gasteiger charge is -2.06. The third-order valence-electron chi connectivity index (χ3n) is 3.59. The molecule has 0 radical (unpaired) electrons. The van der Waals surface area contributed by atoms with Crippen molar-refractivity contribution in [3.8, 4) is 23.0 Å². The minimum Gasteiger partial charge on any atom is -0.495 e. The number of halogens is 3. The second-order valence-corrected chi connectivity index (χ2v) is 5.29. The molecular weight excluding hydrogens is 342 g/mol. The van der Waals surface area contributed by atoms with Crippen molar-refractivity contribution in [2.24, 2.45) is 0 Å². The van der Waals surface area contributed by atoms with Gasteiger partial charge in [-0.2, -0.15) is 4.39 Å². The molecule has 3 aromatic heterocycles. The van der Waals surface area contributed by atoms with E-state index in [4.69, 9.17) is 16.3 Å². The van der Waals surface area contributed by atoms with Crippen LogP contribution in [0.3, 0.4) is 0 Å². The highest BCUT2D eigenvalue weighted by molar-refractivity contribution is 6.33. The quantitative estimate of drug-likeness (QED) is 0.594. The average Bonchev–Trinajstić information content (AvgIpc) is 3.29. The minimum atomic E-state index is -0.851. The van der Waals surface area contributed by atoms with E-state index in [1.54, 1.807) is 23.0 Å². The van der Waals surface area contributed by atoms with Gasteiger partial charge in [-0.05, 0) is 6.07 Å². The standard InChI is InChI=1S/C14H9ClF2N6O/c1-24-7-4-6-10(9(16)8(7)15)19-11(13-20-14(17)22-21-13)12(6)23-3-2-18-5-23/h2-5,19H,1H3,(H,20,21,22). The van der Waals surface area contributed by atoms with E-state index in [1.807, 2.05) is 0 Å². The second kappa shape index (κ2) is 5.31. The fourth-order valence-corrected chi connectivity index (χ4v) is 2.79. The number of hydrogen-bond donors (Lipinski definition) is 2. The highest BCUT2D eigenvalue weighted by Gasteiger charge is 2.23. The van der Waals surface area contributed by atoms with Gasteiger partial charge >= 0.3 is 6.08 Å². The zero-order valence-electron chi connectivity index (χ0n) is 12.1. The summed E-state index contributed by atoms with van der Waals surface area (Å²) in [6, 6.07) is 1.59. The van der Waals surface area contributed by atoms with Crippen molar-refractivity contribution in [3.63, 3.8) is 0 Å². The molecule has 0 aliphatic heterocycles. The largest absolute Gasteiger partial charge is 0.495 e. The van der Waals surface area contributed by atoms with Crippen LogP contribution in [0.15, 0.2) is 24.8 Å². The Balaban J connectivity index is 2.12. The summed E-state index contributed by atoms with van der Waals surface area (Å²) in [5.74, 6) is -0.391. The smallest absolute Gasteiger partial charge is 0.306 e. The fourth-order valence-electron chi connectivity index (χ4n) is 2.56. The van der Waals surface area contributed by atoms with Gasteiger partial charge in [0, 0.05) is 17.8 Å². The number of methoxy groups -OCH3 is 1. The number of nitrogens with one attached hydrogen (secondary N) is 2. The van der Waals surface area contributed by atoms with Gasteiger partial charge in [0.25, 0.3) is 0 Å². The van der Waals surface area contributed by atoms with Crippen LogP contribution < -0.4 is 4.74 Å². The van der Waals surface area contributed by atoms with Crippen LogP contribution in [0, 0.1) is 11.9 Å². The molecule has 2 N–H and O–H groups in total. The molecule has 7 nitrogen and oxygen atoms in total. The maximum absolute atomic E-state index is 14.6. The Morgan fingerprint density at radius 1 is 1.25 bits per heavy atom. The van der Waals surface area contributed by atoms with E-state index in [1.165, 1.54) is 13.4 Å². The van der Waals surface area contributed by atoms with Crippen LogP contribution in [0.1, 0.15) is 0 Å². The van der Waals surface area contributed by atoms with E-state index in [0.29, 0.717) is 16.8 Å². The first-order chi connectivity index (χ1) is 11.6. The van der Waals surface area contributed by atoms with Gasteiger partial charge in [-0.25, -0.2) is 9.37 Å². The zero-order valence-corrected chi connectivity index (χ0v) is 12.9. The first-order valence-corrected chi connectivity index (χ1v) is 7.12. The zero-order chi connectivity index (χ0) is 16.8. The molecule has 0 aliphatic carbocycles. The van der Waals surface area contributed by atoms with Gasteiger partial charge in [-0.3, -0.25) is 4.98 Å². The highest BCUT2D eigenvalue weighted by Crippen LogP contribution is 2.39. The number of benzene rings is 1. The average molecular weight is 351 g/mol. The molecule has 0 saturated carbocycles. The summed E-state index contributed by atoms with van der Waals surface area (Å²) >= 11 is 5.97. The molecule has 24 heavy (non-hydrogen) atoms. The first kappa shape index (κ1) is 14.6. The van der Waals surface area contributed by atoms with Crippen molar-refractivity contribution < 1.29 is 13.5 Å². The molecule has 0 spiro atoms. The van der Waals surface area contributed by atoms with E-state index in [2.05, 4.69) is 25.1 Å². The lowest BCUT2D eigenvalue weighted by atomic mass is 10.2. The first-order valence-electron chi connectivity index (χ1n) is 6.74. The molecule has 122 valence electrons. The number of imidazole rings is 1. The summed E-state index contributed by atoms with van der Waals surface area (Å²) in [5, 5.41) is 7.33. The Labute approximate surface area is 138 Å². The lowest BCUT2D eigenvalue weighted by molar-refractivity contribution is 0.412. The Morgan fingerprint density at radius 2 is 2.08 bits per heavy atom. The summed E-state index contributed by atoms with van der Waals surface area (Å²) in [5.41, 5.74) is 0.978. The molecule has 4 aromatic rings. The summed E-state index contributed by atoms with van der Waals surface area (Å²) in [7, 11) is 1.39. The molecule has 0 amide bonds. The van der Waals surface area contributed by atoms with Crippen LogP contribution in [0.4, 0.5) is 8.78 Å². The number of hydrogen-bond acceptors (Lipinski definition) is 4. The molecule has 0 atom stereocenters. The highest BCUT2D eigenvalue weighted by atomic mass is 35.5. The summed E-state index contributed by atoms with van der Waals surface area (Å²) < 4.78 is 34.6. The van der Waals surface area contributed by atoms with E-state index in [0.717, 1.165) is 0 Å². The molecule has 3 heterocycles. The Morgan fingerprint density at radius 3 is 2.71 bits per heavy atom. The van der Waals surface area contributed by atoms with Gasteiger partial charge in [0.15, 0.2) is 11.6 Å². The number of rotatable bonds is 3. The Kier molecular flexibility index (Phi) is 3.24. The molecule has 0 saturated heterocycles. The van der Waals surface area contributed by atoms with Crippen LogP contribution in [-0.4, -0.2) is 36.8 Å². The van der Waals surface area contributed by atoms with E-state index in [9.17, 15) is 8.78 Å². The maximum Gasteiger partial charge on any atom is 0.306 e. The van der Waals surface area contributed by atoms with Gasteiger partial charge in [0.05, 0.1) is 24.6 Å². The molecule has 0 unspecified atom stereocenters. The van der Waals surface area contributed by atoms with Gasteiger partial charge in [-0.1, -0.05) is 16.7 Å². The van der Waals surface area contributed by atoms with Crippen LogP contribution >= 0.6 is 11.6 Å². The molecule has 0 fully saturated rings. The van der Waals surface area contributed by atoms with Crippen molar-refractivity contribution in [2.75, 3.05) is 7.11 Å². The van der Waals surface area contributed by atoms with Gasteiger partial charge < -0.3 is 14.3 Å². The summed E-state index contributed by atoms with van der Waals surface area (Å²) in [6.45, 7) is 0. The third-order valence-corrected chi connectivity index (χ3v) is 3.95. The summed E-state index contributed by atoms with van der Waals surface area (Å²) in [6.07, 6.45) is 3.90. The fraction of sp³-hybridized carbons (Fsp3) is 0.0714. The Bertz CT molecular complexity index is 1040. The Hall–Kier alpha value is -2.94. The molecule has 0 bridgehead atoms. The van der Waals surface area contributed by atoms with E-state index in [-0.39, 0.29) is 22.1 Å². The van der Waals surface area contributed by atoms with E-state index >= 15 is 0 Å². The van der Waals surface area contributed by atoms with Crippen LogP contribution in [-0.2, 0) is 0 Å². The van der Waals surface area contributed by atoms with Crippen molar-refractivity contribution in [2.45, 2.75) is 0 Å². The van der Waals surface area contributed by atoms with Crippen molar-refractivity contribution in [1.82, 2.24) is 29.7 Å². The number of nitrogens with zero attached hydrogens (tertiary/aromatic N) is 4. The van der Waals surface area contributed by atoms with Crippen LogP contribution in [0.2, 0.25) is 5.02 Å². The number of ether oxygens (including phenoxy) is 1. The van der Waals surface area contributed by atoms with Gasteiger partial charge in [0.1, 0.15) is 16.5 Å². The van der Waals surface area contributed by atoms with Crippen molar-refractivity contribution in [3.05, 3.63) is 41.7 Å². The second-order valence-electron chi connectivity index (χ2n) is 4.91. The van der Waals surface area contributed by atoms with Crippen LogP contribution in [0.5, 0.6) is 5.75 Å². The molecular formula is C14H9ClF2N6O. The normalized spacial score (nSPS) is 11.3. The van der Waals surface area contributed by atoms with Crippen LogP contribution in [0.25, 0.3) is 28.1 Å². The topological polar surface area (TPSA) is 84.4 Å². The maximum atomic E-state index is 14.6.